The molecule has 0 amide bonds. The molecule has 0 N–H and O–H groups in total. The van der Waals surface area contributed by atoms with Gasteiger partial charge in [0.25, 0.3) is 0 Å². The predicted octanol–water partition coefficient (Wildman–Crippen LogP) is -1.34. The molecule has 0 fully saturated rings. The zero-order chi connectivity index (χ0) is 5.86. The largest absolute Gasteiger partial charge is 0.563 e. The van der Waals surface area contributed by atoms with E-state index < -0.39 is 16.5 Å². The van der Waals surface area contributed by atoms with Gasteiger partial charge in [0.1, 0.15) is 4.31 Å². The van der Waals surface area contributed by atoms with Gasteiger partial charge in [0.05, 0.1) is 0 Å². The molecule has 0 aromatic heterocycles. The molecule has 0 saturated heterocycles. The first kappa shape index (κ1) is 11.8. The van der Waals surface area contributed by atoms with E-state index in [4.69, 9.17) is 0 Å². The first-order valence-corrected chi connectivity index (χ1v) is 3.29. The molecule has 0 bridgehead atoms. The first-order chi connectivity index (χ1) is 3.13. The Morgan fingerprint density at radius 1 is 1.12 bits per heavy atom. The van der Waals surface area contributed by atoms with Crippen LogP contribution in [0, 0.1) is 0 Å². The third-order valence-corrected chi connectivity index (χ3v) is 1.20. The average molecular weight is 165 g/mol. The van der Waals surface area contributed by atoms with Crippen LogP contribution in [0.2, 0.25) is 0 Å². The summed E-state index contributed by atoms with van der Waals surface area (Å²) >= 11 is 0. The van der Waals surface area contributed by atoms with Gasteiger partial charge in [-0.15, -0.1) is 0 Å². The Morgan fingerprint density at radius 2 is 1.38 bits per heavy atom. The fraction of sp³-hybridized carbons (Fsp3) is 0. The van der Waals surface area contributed by atoms with Crippen LogP contribution >= 0.6 is 16.5 Å². The van der Waals surface area contributed by atoms with Crippen molar-refractivity contribution in [3.8, 4) is 0 Å². The van der Waals surface area contributed by atoms with Crippen LogP contribution in [-0.4, -0.2) is 29.6 Å². The van der Waals surface area contributed by atoms with Crippen molar-refractivity contribution in [3.63, 3.8) is 0 Å². The number of hydrogen-bond donors (Lipinski definition) is 0. The SMILES string of the molecule is O=[P+]([O-])O[P+](=O)[O-].[Na]. The van der Waals surface area contributed by atoms with Crippen LogP contribution in [-0.2, 0) is 13.4 Å². The minimum atomic E-state index is -3.24. The second-order valence-corrected chi connectivity index (χ2v) is 2.08. The summed E-state index contributed by atoms with van der Waals surface area (Å²) in [6.45, 7) is 0. The molecule has 0 heterocycles. The van der Waals surface area contributed by atoms with Crippen molar-refractivity contribution in [2.45, 2.75) is 0 Å². The minimum Gasteiger partial charge on any atom is -0.563 e. The van der Waals surface area contributed by atoms with Gasteiger partial charge in [-0.3, -0.25) is 0 Å². The van der Waals surface area contributed by atoms with Crippen molar-refractivity contribution in [2.75, 3.05) is 0 Å². The van der Waals surface area contributed by atoms with E-state index in [1.54, 1.807) is 0 Å². The molecule has 8 heteroatoms. The fourth-order valence-electron chi connectivity index (χ4n) is 0.0544. The number of hydrogen-bond acceptors (Lipinski definition) is 5. The topological polar surface area (TPSA) is 89.5 Å². The van der Waals surface area contributed by atoms with Gasteiger partial charge < -0.3 is 9.79 Å². The van der Waals surface area contributed by atoms with Crippen molar-refractivity contribution in [1.82, 2.24) is 0 Å². The Morgan fingerprint density at radius 3 is 1.38 bits per heavy atom. The van der Waals surface area contributed by atoms with Crippen LogP contribution in [0.3, 0.4) is 0 Å². The van der Waals surface area contributed by atoms with Crippen molar-refractivity contribution in [2.24, 2.45) is 0 Å². The molecule has 2 unspecified atom stereocenters. The van der Waals surface area contributed by atoms with Crippen LogP contribution < -0.4 is 9.79 Å². The Labute approximate surface area is 69.2 Å². The summed E-state index contributed by atoms with van der Waals surface area (Å²) in [6.07, 6.45) is 0. The molecular formula is NaO5P2. The van der Waals surface area contributed by atoms with Gasteiger partial charge in [-0.1, -0.05) is 0 Å². The Hall–Kier alpha value is 1.08. The van der Waals surface area contributed by atoms with E-state index >= 15 is 0 Å². The van der Waals surface area contributed by atoms with E-state index in [0.29, 0.717) is 0 Å². The summed E-state index contributed by atoms with van der Waals surface area (Å²) < 4.78 is 21.6. The van der Waals surface area contributed by atoms with Gasteiger partial charge in [-0.2, -0.15) is 0 Å². The molecule has 41 valence electrons. The van der Waals surface area contributed by atoms with Crippen LogP contribution in [0.4, 0.5) is 0 Å². The standard InChI is InChI=1S/Na.O5P2/c;1-6(2)5-7(3)4. The second kappa shape index (κ2) is 6.20. The predicted molar refractivity (Wildman–Crippen MR) is 22.1 cm³/mol. The van der Waals surface area contributed by atoms with Gasteiger partial charge >= 0.3 is 16.5 Å². The molecule has 5 nitrogen and oxygen atoms in total. The Balaban J connectivity index is 0. The zero-order valence-corrected chi connectivity index (χ0v) is 7.72. The first-order valence-electron chi connectivity index (χ1n) is 1.10. The third-order valence-electron chi connectivity index (χ3n) is 0.133. The number of rotatable bonds is 2. The van der Waals surface area contributed by atoms with Crippen molar-refractivity contribution in [1.29, 1.82) is 0 Å². The second-order valence-electron chi connectivity index (χ2n) is 0.529. The molecule has 0 aliphatic rings. The average Bonchev–Trinajstić information content (AvgIpc) is 1.27. The molecule has 0 aliphatic heterocycles. The minimum absolute atomic E-state index is 0. The molecule has 8 heavy (non-hydrogen) atoms. The monoisotopic (exact) mass is 165 g/mol. The van der Waals surface area contributed by atoms with Gasteiger partial charge in [0, 0.05) is 29.6 Å². The molecule has 0 saturated carbocycles. The van der Waals surface area contributed by atoms with Gasteiger partial charge in [0.15, 0.2) is 0 Å². The normalized spacial score (nSPS) is 11.8. The van der Waals surface area contributed by atoms with Gasteiger partial charge in [-0.05, 0) is 9.13 Å². The van der Waals surface area contributed by atoms with Crippen molar-refractivity contribution in [3.05, 3.63) is 0 Å². The molecule has 1 radical (unpaired) electrons. The van der Waals surface area contributed by atoms with Crippen LogP contribution in [0.25, 0.3) is 0 Å². The van der Waals surface area contributed by atoms with Crippen LogP contribution in [0.15, 0.2) is 0 Å². The van der Waals surface area contributed by atoms with Crippen LogP contribution in [0.1, 0.15) is 0 Å². The maximum Gasteiger partial charge on any atom is 0.543 e. The molecule has 0 rings (SSSR count). The van der Waals surface area contributed by atoms with E-state index in [-0.39, 0.29) is 29.6 Å². The maximum atomic E-state index is 9.24. The Kier molecular flexibility index (Phi) is 9.17. The molecule has 0 spiro atoms. The summed E-state index contributed by atoms with van der Waals surface area (Å²) in [6, 6.07) is 0. The molecular weight excluding hydrogens is 165 g/mol. The Bertz CT molecular complexity index is 86.6. The zero-order valence-electron chi connectivity index (χ0n) is 3.94. The summed E-state index contributed by atoms with van der Waals surface area (Å²) in [5, 5.41) is 0. The molecule has 0 aromatic rings. The molecule has 2 atom stereocenters. The maximum absolute atomic E-state index is 9.24. The van der Waals surface area contributed by atoms with Gasteiger partial charge in [-0.25, -0.2) is 0 Å². The van der Waals surface area contributed by atoms with E-state index in [9.17, 15) is 18.9 Å². The van der Waals surface area contributed by atoms with Gasteiger partial charge in [0.2, 0.25) is 0 Å². The van der Waals surface area contributed by atoms with Crippen LogP contribution in [0.5, 0.6) is 0 Å². The molecule has 0 aromatic carbocycles. The third kappa shape index (κ3) is 10.1. The fourth-order valence-corrected chi connectivity index (χ4v) is 0.490. The summed E-state index contributed by atoms with van der Waals surface area (Å²) in [4.78, 5) is 18.5. The molecule has 0 aliphatic carbocycles. The van der Waals surface area contributed by atoms with E-state index in [2.05, 4.69) is 4.31 Å². The van der Waals surface area contributed by atoms with E-state index in [0.717, 1.165) is 0 Å². The summed E-state index contributed by atoms with van der Waals surface area (Å²) in [5.74, 6) is 0. The summed E-state index contributed by atoms with van der Waals surface area (Å²) in [5.41, 5.74) is 0. The van der Waals surface area contributed by atoms with E-state index in [1.165, 1.54) is 0 Å². The van der Waals surface area contributed by atoms with E-state index in [1.807, 2.05) is 0 Å². The summed E-state index contributed by atoms with van der Waals surface area (Å²) in [7, 11) is -6.47. The quantitative estimate of drug-likeness (QED) is 0.373. The van der Waals surface area contributed by atoms with Crippen molar-refractivity contribution < 1.29 is 23.2 Å². The van der Waals surface area contributed by atoms with Crippen molar-refractivity contribution >= 4 is 46.1 Å². The smallest absolute Gasteiger partial charge is 0.543 e.